The van der Waals surface area contributed by atoms with Crippen molar-refractivity contribution in [2.24, 2.45) is 46.3 Å². The first-order valence-corrected chi connectivity index (χ1v) is 13.7. The number of Topliss-reactive ketones (excluding diaryl/α,β-unsaturated/α-hetero) is 1. The molecule has 2 amide bonds. The molecule has 0 spiro atoms. The van der Waals surface area contributed by atoms with E-state index in [2.05, 4.69) is 20.7 Å². The van der Waals surface area contributed by atoms with E-state index in [0.29, 0.717) is 54.2 Å². The van der Waals surface area contributed by atoms with E-state index in [0.717, 1.165) is 21.8 Å². The van der Waals surface area contributed by atoms with Crippen LogP contribution in [0.25, 0.3) is 5.65 Å². The average molecular weight is 542 g/mol. The van der Waals surface area contributed by atoms with E-state index in [1.54, 1.807) is 25.1 Å². The summed E-state index contributed by atoms with van der Waals surface area (Å²) >= 11 is 0. The minimum absolute atomic E-state index is 0.0391. The molecule has 3 heterocycles. The number of rotatable bonds is 8. The number of esters is 1. The summed E-state index contributed by atoms with van der Waals surface area (Å²) < 4.78 is 20.7. The van der Waals surface area contributed by atoms with Crippen LogP contribution in [0.4, 0.5) is 4.39 Å². The van der Waals surface area contributed by atoms with Crippen LogP contribution in [0.1, 0.15) is 45.4 Å². The molecule has 11 heteroatoms. The number of fused-ring (bicyclic) bond motifs is 2. The van der Waals surface area contributed by atoms with Crippen LogP contribution in [0.2, 0.25) is 0 Å². The first-order valence-electron chi connectivity index (χ1n) is 13.7. The molecule has 6 fully saturated rings. The van der Waals surface area contributed by atoms with Crippen molar-refractivity contribution in [3.8, 4) is 5.75 Å². The topological polar surface area (TPSA) is 132 Å². The molecule has 0 bridgehead atoms. The van der Waals surface area contributed by atoms with Crippen molar-refractivity contribution in [1.82, 2.24) is 25.2 Å². The molecule has 6 saturated carbocycles. The summed E-state index contributed by atoms with van der Waals surface area (Å²) in [7, 11) is 0. The Morgan fingerprint density at radius 1 is 1.05 bits per heavy atom. The van der Waals surface area contributed by atoms with E-state index in [9.17, 15) is 23.6 Å². The van der Waals surface area contributed by atoms with Gasteiger partial charge in [0.1, 0.15) is 22.9 Å². The van der Waals surface area contributed by atoms with Gasteiger partial charge >= 0.3 is 5.97 Å². The lowest BCUT2D eigenvalue weighted by molar-refractivity contribution is -0.654. The molecule has 0 atom stereocenters. The fourth-order valence-electron chi connectivity index (χ4n) is 10.2. The molecule has 2 aromatic heterocycles. The minimum atomic E-state index is -0.732. The third-order valence-electron chi connectivity index (χ3n) is 11.2. The van der Waals surface area contributed by atoms with Crippen LogP contribution in [-0.2, 0) is 22.6 Å². The van der Waals surface area contributed by atoms with E-state index < -0.39 is 17.6 Å². The highest BCUT2D eigenvalue weighted by Crippen LogP contribution is 3.10. The average Bonchev–Trinajstić information content (AvgIpc) is 3.51. The predicted molar refractivity (Wildman–Crippen MR) is 133 cm³/mol. The lowest BCUT2D eigenvalue weighted by atomic mass is 8.92. The first kappa shape index (κ1) is 22.6. The maximum absolute atomic E-state index is 14.5. The second kappa shape index (κ2) is 6.94. The maximum atomic E-state index is 14.5. The van der Waals surface area contributed by atoms with Crippen LogP contribution in [0.5, 0.6) is 5.75 Å². The number of hydrogen-bond acceptors (Lipinski definition) is 7. The lowest BCUT2D eigenvalue weighted by Gasteiger charge is -3.12. The molecule has 0 radical (unpaired) electrons. The Balaban J connectivity index is 0.914. The van der Waals surface area contributed by atoms with Crippen molar-refractivity contribution in [3.63, 3.8) is 0 Å². The molecule has 40 heavy (non-hydrogen) atoms. The van der Waals surface area contributed by atoms with E-state index in [-0.39, 0.29) is 52.6 Å². The number of carbonyl (C=O) groups is 4. The standard InChI is InChI=1S/C29H24FN5O5/c1-11(36)7-28-19-22-20(28)24-21(28)23(19)29(22,24)10-32-27(39)16-6-15(34-25-14(30)9-33-35(16)25)26(38)31-8-12-2-3-17-13(4-12)5-18(37)40-17/h2-4,6,9,19-24H,5,7-8,10H2,1H3,(H,31,38)(H,32,39). The van der Waals surface area contributed by atoms with Gasteiger partial charge in [-0.25, -0.2) is 13.9 Å². The van der Waals surface area contributed by atoms with Crippen molar-refractivity contribution in [1.29, 1.82) is 0 Å². The third kappa shape index (κ3) is 2.31. The van der Waals surface area contributed by atoms with Gasteiger partial charge in [-0.1, -0.05) is 6.07 Å². The van der Waals surface area contributed by atoms with Crippen molar-refractivity contribution in [2.75, 3.05) is 6.54 Å². The Morgan fingerprint density at radius 2 is 1.77 bits per heavy atom. The first-order chi connectivity index (χ1) is 19.3. The monoisotopic (exact) mass is 541 g/mol. The SMILES string of the molecule is CC(=O)CC12C3C4C1C1C2C3C41CNC(=O)c1cc(C(=O)NCc2ccc3c(c2)CC(=O)O3)nc2c(F)cnn12. The van der Waals surface area contributed by atoms with Crippen LogP contribution in [0.3, 0.4) is 0 Å². The number of amides is 2. The van der Waals surface area contributed by atoms with Gasteiger partial charge in [0.2, 0.25) is 0 Å². The number of nitrogens with zero attached hydrogens (tertiary/aromatic N) is 3. The zero-order chi connectivity index (χ0) is 27.3. The number of nitrogens with one attached hydrogen (secondary N) is 2. The van der Waals surface area contributed by atoms with Gasteiger partial charge in [0.05, 0.1) is 12.6 Å². The van der Waals surface area contributed by atoms with Gasteiger partial charge in [-0.05, 0) is 71.0 Å². The highest BCUT2D eigenvalue weighted by atomic mass is 19.1. The summed E-state index contributed by atoms with van der Waals surface area (Å²) in [6.45, 7) is 2.38. The highest BCUT2D eigenvalue weighted by Gasteiger charge is 3.09. The molecular weight excluding hydrogens is 517 g/mol. The number of hydrogen-bond donors (Lipinski definition) is 2. The number of ketones is 1. The number of halogens is 1. The molecule has 2 N–H and O–H groups in total. The van der Waals surface area contributed by atoms with Gasteiger partial charge in [-0.3, -0.25) is 14.4 Å². The smallest absolute Gasteiger partial charge is 0.315 e. The molecule has 6 aliphatic carbocycles. The summed E-state index contributed by atoms with van der Waals surface area (Å²) in [6.07, 6.45) is 1.87. The molecule has 10 rings (SSSR count). The van der Waals surface area contributed by atoms with Crippen molar-refractivity contribution in [2.45, 2.75) is 26.3 Å². The molecule has 0 unspecified atom stereocenters. The summed E-state index contributed by atoms with van der Waals surface area (Å²) in [6, 6.07) is 6.55. The minimum Gasteiger partial charge on any atom is -0.426 e. The molecule has 0 saturated heterocycles. The fraction of sp³-hybridized carbons (Fsp3) is 0.448. The molecule has 10 nitrogen and oxygen atoms in total. The Bertz CT molecular complexity index is 1710. The molecule has 3 aromatic rings. The highest BCUT2D eigenvalue weighted by molar-refractivity contribution is 5.98. The van der Waals surface area contributed by atoms with Crippen LogP contribution in [0, 0.1) is 52.2 Å². The zero-order valence-corrected chi connectivity index (χ0v) is 21.4. The predicted octanol–water partition coefficient (Wildman–Crippen LogP) is 1.71. The molecular formula is C29H24FN5O5. The largest absolute Gasteiger partial charge is 0.426 e. The van der Waals surface area contributed by atoms with Crippen molar-refractivity contribution >= 4 is 29.2 Å². The van der Waals surface area contributed by atoms with Gasteiger partial charge in [-0.15, -0.1) is 0 Å². The van der Waals surface area contributed by atoms with Crippen molar-refractivity contribution in [3.05, 3.63) is 58.8 Å². The molecule has 202 valence electrons. The van der Waals surface area contributed by atoms with Gasteiger partial charge in [-0.2, -0.15) is 5.10 Å². The number of carbonyl (C=O) groups excluding carboxylic acids is 4. The fourth-order valence-corrected chi connectivity index (χ4v) is 10.2. The normalized spacial score (nSPS) is 35.7. The van der Waals surface area contributed by atoms with E-state index >= 15 is 0 Å². The lowest BCUT2D eigenvalue weighted by Crippen LogP contribution is -3.10. The Labute approximate surface area is 226 Å². The molecule has 1 aromatic carbocycles. The van der Waals surface area contributed by atoms with Crippen LogP contribution in [-0.4, -0.2) is 44.7 Å². The Hall–Kier alpha value is -4.15. The summed E-state index contributed by atoms with van der Waals surface area (Å²) in [5.74, 6) is 2.51. The molecule has 7 aliphatic rings. The van der Waals surface area contributed by atoms with Gasteiger partial charge in [0, 0.05) is 31.1 Å². The molecule has 1 aliphatic heterocycles. The maximum Gasteiger partial charge on any atom is 0.315 e. The van der Waals surface area contributed by atoms with E-state index in [1.807, 2.05) is 0 Å². The summed E-state index contributed by atoms with van der Waals surface area (Å²) in [5, 5.41) is 9.79. The van der Waals surface area contributed by atoms with Crippen LogP contribution in [0.15, 0.2) is 30.5 Å². The number of benzene rings is 1. The van der Waals surface area contributed by atoms with Gasteiger partial charge < -0.3 is 20.2 Å². The van der Waals surface area contributed by atoms with Gasteiger partial charge in [0.15, 0.2) is 11.5 Å². The van der Waals surface area contributed by atoms with E-state index in [4.69, 9.17) is 4.74 Å². The van der Waals surface area contributed by atoms with Crippen LogP contribution < -0.4 is 15.4 Å². The number of ether oxygens (including phenoxy) is 1. The quantitative estimate of drug-likeness (QED) is 0.328. The summed E-state index contributed by atoms with van der Waals surface area (Å²) in [5.41, 5.74) is 1.70. The number of aromatic nitrogens is 3. The summed E-state index contributed by atoms with van der Waals surface area (Å²) in [4.78, 5) is 53.8. The second-order valence-corrected chi connectivity index (χ2v) is 12.5. The zero-order valence-electron chi connectivity index (χ0n) is 21.4. The van der Waals surface area contributed by atoms with Crippen LogP contribution >= 0.6 is 0 Å². The Morgan fingerprint density at radius 3 is 2.50 bits per heavy atom. The van der Waals surface area contributed by atoms with E-state index in [1.165, 1.54) is 6.07 Å². The Kier molecular flexibility index (Phi) is 3.93. The second-order valence-electron chi connectivity index (χ2n) is 12.5. The third-order valence-corrected chi connectivity index (χ3v) is 11.2. The van der Waals surface area contributed by atoms with Crippen molar-refractivity contribution < 1.29 is 28.3 Å². The van der Waals surface area contributed by atoms with Gasteiger partial charge in [0.25, 0.3) is 11.8 Å².